The highest BCUT2D eigenvalue weighted by Gasteiger charge is 2.28. The molecule has 1 aromatic rings. The van der Waals surface area contributed by atoms with Gasteiger partial charge in [-0.15, -0.1) is 0 Å². The van der Waals surface area contributed by atoms with E-state index in [1.165, 1.54) is 44.1 Å². The van der Waals surface area contributed by atoms with Gasteiger partial charge in [0.15, 0.2) is 0 Å². The van der Waals surface area contributed by atoms with E-state index in [0.29, 0.717) is 18.5 Å². The molecule has 0 aromatic heterocycles. The van der Waals surface area contributed by atoms with Crippen LogP contribution in [-0.2, 0) is 0 Å². The first-order chi connectivity index (χ1) is 11.3. The van der Waals surface area contributed by atoms with Crippen LogP contribution in [-0.4, -0.2) is 37.1 Å². The van der Waals surface area contributed by atoms with E-state index in [1.54, 1.807) is 0 Å². The van der Waals surface area contributed by atoms with Gasteiger partial charge in [0.2, 0.25) is 0 Å². The van der Waals surface area contributed by atoms with Crippen molar-refractivity contribution in [1.29, 1.82) is 5.26 Å². The van der Waals surface area contributed by atoms with Crippen LogP contribution in [0.15, 0.2) is 30.3 Å². The van der Waals surface area contributed by atoms with Crippen LogP contribution >= 0.6 is 0 Å². The van der Waals surface area contributed by atoms with Crippen molar-refractivity contribution in [2.24, 2.45) is 5.92 Å². The van der Waals surface area contributed by atoms with E-state index in [0.717, 1.165) is 25.6 Å². The van der Waals surface area contributed by atoms with Crippen molar-refractivity contribution < 1.29 is 0 Å². The zero-order valence-corrected chi connectivity index (χ0v) is 14.1. The van der Waals surface area contributed by atoms with Crippen LogP contribution in [0.3, 0.4) is 0 Å². The Bertz CT molecular complexity index is 501. The molecule has 3 heteroatoms. The van der Waals surface area contributed by atoms with Crippen molar-refractivity contribution >= 4 is 0 Å². The van der Waals surface area contributed by atoms with Gasteiger partial charge in [-0.1, -0.05) is 49.6 Å². The predicted molar refractivity (Wildman–Crippen MR) is 94.2 cm³/mol. The largest absolute Gasteiger partial charge is 0.312 e. The van der Waals surface area contributed by atoms with E-state index in [-0.39, 0.29) is 0 Å². The van der Waals surface area contributed by atoms with Gasteiger partial charge in [0.05, 0.1) is 12.6 Å². The second-order valence-corrected chi connectivity index (χ2v) is 7.30. The smallest absolute Gasteiger partial charge is 0.0866 e. The molecule has 2 aliphatic rings. The summed E-state index contributed by atoms with van der Waals surface area (Å²) in [6, 6.07) is 13.7. The number of rotatable bonds is 5. The number of benzene rings is 1. The molecule has 3 rings (SSSR count). The van der Waals surface area contributed by atoms with Crippen molar-refractivity contribution in [2.45, 2.75) is 50.5 Å². The van der Waals surface area contributed by atoms with Gasteiger partial charge >= 0.3 is 0 Å². The zero-order valence-electron chi connectivity index (χ0n) is 14.1. The maximum atomic E-state index is 9.08. The molecule has 2 atom stereocenters. The molecule has 1 aliphatic carbocycles. The van der Waals surface area contributed by atoms with Crippen LogP contribution in [0, 0.1) is 17.2 Å². The number of nitrogens with zero attached hydrogens (tertiary/aromatic N) is 2. The Morgan fingerprint density at radius 1 is 1.09 bits per heavy atom. The van der Waals surface area contributed by atoms with Crippen LogP contribution in [0.4, 0.5) is 0 Å². The normalized spacial score (nSPS) is 26.7. The maximum absolute atomic E-state index is 9.08. The van der Waals surface area contributed by atoms with Crippen LogP contribution in [0.25, 0.3) is 0 Å². The average Bonchev–Trinajstić information content (AvgIpc) is 2.62. The van der Waals surface area contributed by atoms with Crippen LogP contribution < -0.4 is 5.32 Å². The molecule has 1 saturated heterocycles. The monoisotopic (exact) mass is 311 g/mol. The Hall–Kier alpha value is -1.37. The summed E-state index contributed by atoms with van der Waals surface area (Å²) >= 11 is 0. The molecule has 1 N–H and O–H groups in total. The van der Waals surface area contributed by atoms with Crippen molar-refractivity contribution in [1.82, 2.24) is 10.2 Å². The van der Waals surface area contributed by atoms with E-state index in [1.807, 2.05) is 0 Å². The highest BCUT2D eigenvalue weighted by Crippen LogP contribution is 2.28. The van der Waals surface area contributed by atoms with E-state index < -0.39 is 0 Å². The summed E-state index contributed by atoms with van der Waals surface area (Å²) < 4.78 is 0. The third-order valence-electron chi connectivity index (χ3n) is 5.51. The zero-order chi connectivity index (χ0) is 15.9. The van der Waals surface area contributed by atoms with E-state index in [2.05, 4.69) is 46.6 Å². The number of hydrogen-bond acceptors (Lipinski definition) is 3. The van der Waals surface area contributed by atoms with Crippen molar-refractivity contribution in [2.75, 3.05) is 26.2 Å². The van der Waals surface area contributed by atoms with Crippen molar-refractivity contribution in [3.05, 3.63) is 35.9 Å². The standard InChI is InChI=1S/C20H29N3/c21-11-12-23-15-19(18-9-5-2-6-10-18)13-20(16-23)22-14-17-7-3-1-4-8-17/h2,5-6,9-10,17,19-20,22H,1,3-4,7-8,12-16H2. The van der Waals surface area contributed by atoms with Crippen LogP contribution in [0.1, 0.15) is 50.0 Å². The summed E-state index contributed by atoms with van der Waals surface area (Å²) in [6.07, 6.45) is 8.21. The van der Waals surface area contributed by atoms with E-state index in [4.69, 9.17) is 5.26 Å². The minimum Gasteiger partial charge on any atom is -0.312 e. The molecule has 2 fully saturated rings. The summed E-state index contributed by atoms with van der Waals surface area (Å²) in [5, 5.41) is 12.9. The lowest BCUT2D eigenvalue weighted by molar-refractivity contribution is 0.181. The molecule has 2 unspecified atom stereocenters. The van der Waals surface area contributed by atoms with E-state index >= 15 is 0 Å². The molecular formula is C20H29N3. The second-order valence-electron chi connectivity index (χ2n) is 7.30. The van der Waals surface area contributed by atoms with Gasteiger partial charge in [0.1, 0.15) is 0 Å². The average molecular weight is 311 g/mol. The predicted octanol–water partition coefficient (Wildman–Crippen LogP) is 3.54. The molecule has 1 aliphatic heterocycles. The summed E-state index contributed by atoms with van der Waals surface area (Å²) in [5.41, 5.74) is 1.42. The number of piperidine rings is 1. The molecule has 0 amide bonds. The third-order valence-corrected chi connectivity index (χ3v) is 5.51. The number of nitriles is 1. The third kappa shape index (κ3) is 4.80. The van der Waals surface area contributed by atoms with Gasteiger partial charge in [0.25, 0.3) is 0 Å². The maximum Gasteiger partial charge on any atom is 0.0866 e. The fraction of sp³-hybridized carbons (Fsp3) is 0.650. The van der Waals surface area contributed by atoms with Crippen molar-refractivity contribution in [3.8, 4) is 6.07 Å². The Morgan fingerprint density at radius 3 is 2.61 bits per heavy atom. The first-order valence-corrected chi connectivity index (χ1v) is 9.23. The van der Waals surface area contributed by atoms with Crippen LogP contribution in [0.2, 0.25) is 0 Å². The molecule has 0 spiro atoms. The second kappa shape index (κ2) is 8.47. The number of likely N-dealkylation sites (tertiary alicyclic amines) is 1. The first-order valence-electron chi connectivity index (χ1n) is 9.23. The number of nitrogens with one attached hydrogen (secondary N) is 1. The van der Waals surface area contributed by atoms with Gasteiger partial charge in [-0.05, 0) is 43.2 Å². The Kier molecular flexibility index (Phi) is 6.07. The minimum absolute atomic E-state index is 0.518. The topological polar surface area (TPSA) is 39.1 Å². The summed E-state index contributed by atoms with van der Waals surface area (Å²) in [5.74, 6) is 1.41. The highest BCUT2D eigenvalue weighted by atomic mass is 15.2. The molecule has 124 valence electrons. The minimum atomic E-state index is 0.518. The van der Waals surface area contributed by atoms with Crippen LogP contribution in [0.5, 0.6) is 0 Å². The molecule has 0 radical (unpaired) electrons. The lowest BCUT2D eigenvalue weighted by Crippen LogP contribution is -2.49. The summed E-state index contributed by atoms with van der Waals surface area (Å²) in [4.78, 5) is 2.32. The lowest BCUT2D eigenvalue weighted by Gasteiger charge is -2.38. The molecule has 1 saturated carbocycles. The molecule has 23 heavy (non-hydrogen) atoms. The Morgan fingerprint density at radius 2 is 1.87 bits per heavy atom. The van der Waals surface area contributed by atoms with Gasteiger partial charge < -0.3 is 5.32 Å². The van der Waals surface area contributed by atoms with E-state index in [9.17, 15) is 0 Å². The lowest BCUT2D eigenvalue weighted by atomic mass is 9.86. The quantitative estimate of drug-likeness (QED) is 0.845. The summed E-state index contributed by atoms with van der Waals surface area (Å²) in [7, 11) is 0. The highest BCUT2D eigenvalue weighted by molar-refractivity contribution is 5.21. The van der Waals surface area contributed by atoms with Gasteiger partial charge in [0, 0.05) is 19.1 Å². The van der Waals surface area contributed by atoms with Gasteiger partial charge in [-0.3, -0.25) is 4.90 Å². The Balaban J connectivity index is 1.58. The SMILES string of the molecule is N#CCN1CC(NCC2CCCCC2)CC(c2ccccc2)C1. The molecular weight excluding hydrogens is 282 g/mol. The molecule has 1 heterocycles. The Labute approximate surface area is 140 Å². The van der Waals surface area contributed by atoms with Crippen molar-refractivity contribution in [3.63, 3.8) is 0 Å². The summed E-state index contributed by atoms with van der Waals surface area (Å²) in [6.45, 7) is 3.74. The number of hydrogen-bond donors (Lipinski definition) is 1. The first kappa shape index (κ1) is 16.5. The van der Waals surface area contributed by atoms with Gasteiger partial charge in [-0.25, -0.2) is 0 Å². The fourth-order valence-electron chi connectivity index (χ4n) is 4.26. The fourth-order valence-corrected chi connectivity index (χ4v) is 4.26. The molecule has 3 nitrogen and oxygen atoms in total. The molecule has 1 aromatic carbocycles. The van der Waals surface area contributed by atoms with Gasteiger partial charge in [-0.2, -0.15) is 5.26 Å². The molecule has 0 bridgehead atoms.